The zero-order chi connectivity index (χ0) is 20.3. The van der Waals surface area contributed by atoms with Crippen molar-refractivity contribution in [2.24, 2.45) is 0 Å². The Morgan fingerprint density at radius 2 is 1.77 bits per heavy atom. The Kier molecular flexibility index (Phi) is 5.71. The Labute approximate surface area is 178 Å². The molecule has 0 radical (unpaired) electrons. The largest absolute Gasteiger partial charge is 0.439 e. The van der Waals surface area contributed by atoms with Crippen molar-refractivity contribution in [3.05, 3.63) is 53.2 Å². The molecule has 1 aromatic heterocycles. The summed E-state index contributed by atoms with van der Waals surface area (Å²) in [5, 5.41) is 3.10. The van der Waals surface area contributed by atoms with Crippen molar-refractivity contribution in [1.29, 1.82) is 0 Å². The second-order valence-corrected chi connectivity index (χ2v) is 8.99. The van der Waals surface area contributed by atoms with E-state index >= 15 is 0 Å². The first-order valence-corrected chi connectivity index (χ1v) is 11.6. The number of hydrogen-bond acceptors (Lipinski definition) is 4. The zero-order valence-electron chi connectivity index (χ0n) is 17.6. The van der Waals surface area contributed by atoms with Crippen LogP contribution in [0.15, 0.2) is 36.5 Å². The maximum atomic E-state index is 12.4. The molecule has 5 nitrogen and oxygen atoms in total. The van der Waals surface area contributed by atoms with Crippen molar-refractivity contribution in [1.82, 2.24) is 15.2 Å². The smallest absolute Gasteiger partial charge is 0.253 e. The fourth-order valence-electron chi connectivity index (χ4n) is 4.93. The Morgan fingerprint density at radius 3 is 2.47 bits per heavy atom. The molecule has 158 valence electrons. The fourth-order valence-corrected chi connectivity index (χ4v) is 4.93. The van der Waals surface area contributed by atoms with Crippen LogP contribution in [0.3, 0.4) is 0 Å². The topological polar surface area (TPSA) is 54.5 Å². The Bertz CT molecular complexity index is 886. The van der Waals surface area contributed by atoms with E-state index in [1.807, 2.05) is 6.07 Å². The Balaban J connectivity index is 1.21. The van der Waals surface area contributed by atoms with Gasteiger partial charge in [0, 0.05) is 37.4 Å². The van der Waals surface area contributed by atoms with E-state index in [2.05, 4.69) is 27.3 Å². The van der Waals surface area contributed by atoms with Gasteiger partial charge in [0.05, 0.1) is 5.56 Å². The van der Waals surface area contributed by atoms with E-state index in [1.54, 1.807) is 18.3 Å². The van der Waals surface area contributed by atoms with Gasteiger partial charge in [-0.05, 0) is 67.9 Å². The summed E-state index contributed by atoms with van der Waals surface area (Å²) in [4.78, 5) is 19.4. The predicted molar refractivity (Wildman–Crippen MR) is 117 cm³/mol. The summed E-state index contributed by atoms with van der Waals surface area (Å²) in [5.74, 6) is 1.31. The van der Waals surface area contributed by atoms with E-state index in [0.29, 0.717) is 17.5 Å². The molecule has 0 spiro atoms. The van der Waals surface area contributed by atoms with E-state index in [-0.39, 0.29) is 5.91 Å². The minimum Gasteiger partial charge on any atom is -0.439 e. The van der Waals surface area contributed by atoms with E-state index < -0.39 is 0 Å². The third-order valence-electron chi connectivity index (χ3n) is 7.02. The van der Waals surface area contributed by atoms with Crippen molar-refractivity contribution in [3.63, 3.8) is 0 Å². The van der Waals surface area contributed by atoms with Crippen LogP contribution in [0.4, 0.5) is 0 Å². The van der Waals surface area contributed by atoms with Gasteiger partial charge in [0.1, 0.15) is 5.75 Å². The van der Waals surface area contributed by atoms with E-state index in [0.717, 1.165) is 44.0 Å². The summed E-state index contributed by atoms with van der Waals surface area (Å²) in [6.45, 7) is 2.31. The van der Waals surface area contributed by atoms with Gasteiger partial charge < -0.3 is 10.1 Å². The van der Waals surface area contributed by atoms with Crippen LogP contribution >= 0.6 is 0 Å². The molecule has 2 heterocycles. The molecule has 30 heavy (non-hydrogen) atoms. The molecule has 0 unspecified atom stereocenters. The number of benzene rings is 1. The van der Waals surface area contributed by atoms with Gasteiger partial charge in [0.2, 0.25) is 5.88 Å². The SMILES string of the molecule is O=C(NC1CCCC1)c1ccc(Oc2ccc3c(c2)CCN(C2CCC2)CC3)nc1. The average Bonchev–Trinajstić information content (AvgIpc) is 3.14. The molecule has 3 aliphatic rings. The normalized spacial score (nSPS) is 20.3. The van der Waals surface area contributed by atoms with Crippen LogP contribution in [-0.2, 0) is 12.8 Å². The van der Waals surface area contributed by atoms with Gasteiger partial charge in [0.15, 0.2) is 0 Å². The molecule has 1 amide bonds. The first-order chi connectivity index (χ1) is 14.7. The second kappa shape index (κ2) is 8.76. The van der Waals surface area contributed by atoms with Gasteiger partial charge in [0.25, 0.3) is 5.91 Å². The van der Waals surface area contributed by atoms with Crippen molar-refractivity contribution in [2.45, 2.75) is 69.9 Å². The van der Waals surface area contributed by atoms with E-state index in [9.17, 15) is 4.79 Å². The van der Waals surface area contributed by atoms with E-state index in [4.69, 9.17) is 4.74 Å². The maximum absolute atomic E-state index is 12.4. The molecule has 5 rings (SSSR count). The number of nitrogens with one attached hydrogen (secondary N) is 1. The summed E-state index contributed by atoms with van der Waals surface area (Å²) in [6.07, 6.45) is 12.5. The number of fused-ring (bicyclic) bond motifs is 1. The lowest BCUT2D eigenvalue weighted by Crippen LogP contribution is -2.41. The minimum absolute atomic E-state index is 0.0398. The fraction of sp³-hybridized carbons (Fsp3) is 0.520. The van der Waals surface area contributed by atoms with Gasteiger partial charge in [-0.25, -0.2) is 4.98 Å². The lowest BCUT2D eigenvalue weighted by atomic mass is 9.91. The molecule has 2 saturated carbocycles. The third kappa shape index (κ3) is 4.36. The molecule has 1 N–H and O–H groups in total. The lowest BCUT2D eigenvalue weighted by Gasteiger charge is -2.36. The number of aromatic nitrogens is 1. The average molecular weight is 406 g/mol. The van der Waals surface area contributed by atoms with Crippen LogP contribution in [0.25, 0.3) is 0 Å². The van der Waals surface area contributed by atoms with Crippen LogP contribution in [0, 0.1) is 0 Å². The van der Waals surface area contributed by atoms with Crippen LogP contribution in [0.5, 0.6) is 11.6 Å². The standard InChI is InChI=1S/C25H31N3O2/c29-25(27-21-4-1-2-5-21)20-9-11-24(26-17-20)30-23-10-8-18-12-14-28(22-6-3-7-22)15-13-19(18)16-23/h8-11,16-17,21-22H,1-7,12-15H2,(H,27,29). The van der Waals surface area contributed by atoms with Gasteiger partial charge in [-0.2, -0.15) is 0 Å². The highest BCUT2D eigenvalue weighted by atomic mass is 16.5. The summed E-state index contributed by atoms with van der Waals surface area (Å²) in [5.41, 5.74) is 3.42. The molecule has 2 aliphatic carbocycles. The highest BCUT2D eigenvalue weighted by Gasteiger charge is 2.26. The molecule has 0 atom stereocenters. The number of ether oxygens (including phenoxy) is 1. The third-order valence-corrected chi connectivity index (χ3v) is 7.02. The van der Waals surface area contributed by atoms with Crippen molar-refractivity contribution < 1.29 is 9.53 Å². The molecular formula is C25H31N3O2. The second-order valence-electron chi connectivity index (χ2n) is 8.99. The highest BCUT2D eigenvalue weighted by molar-refractivity contribution is 5.94. The van der Waals surface area contributed by atoms with Crippen molar-refractivity contribution in [2.75, 3.05) is 13.1 Å². The Hall–Kier alpha value is -2.40. The van der Waals surface area contributed by atoms with Crippen LogP contribution in [0.2, 0.25) is 0 Å². The predicted octanol–water partition coefficient (Wildman–Crippen LogP) is 4.50. The molecule has 1 aromatic carbocycles. The number of amides is 1. The summed E-state index contributed by atoms with van der Waals surface area (Å²) < 4.78 is 6.00. The number of carbonyl (C=O) groups excluding carboxylic acids is 1. The van der Waals surface area contributed by atoms with Crippen molar-refractivity contribution in [3.8, 4) is 11.6 Å². The van der Waals surface area contributed by atoms with Gasteiger partial charge in [-0.1, -0.05) is 25.3 Å². The minimum atomic E-state index is -0.0398. The molecule has 2 aromatic rings. The quantitative estimate of drug-likeness (QED) is 0.796. The summed E-state index contributed by atoms with van der Waals surface area (Å²) in [7, 11) is 0. The number of rotatable bonds is 5. The Morgan fingerprint density at radius 1 is 0.967 bits per heavy atom. The molecule has 2 fully saturated rings. The zero-order valence-corrected chi connectivity index (χ0v) is 17.6. The van der Waals surface area contributed by atoms with Crippen molar-refractivity contribution >= 4 is 5.91 Å². The van der Waals surface area contributed by atoms with Gasteiger partial charge >= 0.3 is 0 Å². The van der Waals surface area contributed by atoms with Crippen LogP contribution in [0.1, 0.15) is 66.4 Å². The van der Waals surface area contributed by atoms with Gasteiger partial charge in [-0.3, -0.25) is 9.69 Å². The van der Waals surface area contributed by atoms with Crippen LogP contribution < -0.4 is 10.1 Å². The summed E-state index contributed by atoms with van der Waals surface area (Å²) >= 11 is 0. The molecule has 1 aliphatic heterocycles. The lowest BCUT2D eigenvalue weighted by molar-refractivity contribution is 0.0937. The number of nitrogens with zero attached hydrogens (tertiary/aromatic N) is 2. The molecule has 0 bridgehead atoms. The van der Waals surface area contributed by atoms with Gasteiger partial charge in [-0.15, -0.1) is 0 Å². The maximum Gasteiger partial charge on any atom is 0.253 e. The number of pyridine rings is 1. The van der Waals surface area contributed by atoms with Crippen LogP contribution in [-0.4, -0.2) is 41.0 Å². The van der Waals surface area contributed by atoms with E-state index in [1.165, 1.54) is 49.8 Å². The molecule has 0 saturated heterocycles. The first kappa shape index (κ1) is 19.6. The molecular weight excluding hydrogens is 374 g/mol. The monoisotopic (exact) mass is 405 g/mol. The number of carbonyl (C=O) groups is 1. The first-order valence-electron chi connectivity index (χ1n) is 11.6. The summed E-state index contributed by atoms with van der Waals surface area (Å²) in [6, 6.07) is 11.1. The molecule has 5 heteroatoms. The number of hydrogen-bond donors (Lipinski definition) is 1. The highest BCUT2D eigenvalue weighted by Crippen LogP contribution is 2.29.